The molecule has 6 nitrogen and oxygen atoms in total. The van der Waals surface area contributed by atoms with Gasteiger partial charge in [-0.15, -0.1) is 0 Å². The van der Waals surface area contributed by atoms with Gasteiger partial charge >= 0.3 is 17.9 Å². The highest BCUT2D eigenvalue weighted by atomic mass is 16.6. The fourth-order valence-electron chi connectivity index (χ4n) is 1.56. The Morgan fingerprint density at radius 2 is 1.80 bits per heavy atom. The summed E-state index contributed by atoms with van der Waals surface area (Å²) in [5.41, 5.74) is 0.505. The van der Waals surface area contributed by atoms with E-state index in [0.717, 1.165) is 0 Å². The minimum Gasteiger partial charge on any atom is -0.481 e. The third-order valence-corrected chi connectivity index (χ3v) is 2.54. The molecular formula is C14H16O6. The van der Waals surface area contributed by atoms with Crippen LogP contribution in [0.1, 0.15) is 30.9 Å². The number of hydrogen-bond acceptors (Lipinski definition) is 5. The number of carboxylic acids is 1. The Morgan fingerprint density at radius 3 is 2.35 bits per heavy atom. The summed E-state index contributed by atoms with van der Waals surface area (Å²) in [5, 5.41) is 8.49. The summed E-state index contributed by atoms with van der Waals surface area (Å²) < 4.78 is 9.66. The molecule has 0 aliphatic carbocycles. The summed E-state index contributed by atoms with van der Waals surface area (Å²) in [4.78, 5) is 33.6. The standard InChI is InChI=1S/C14H16O6/c1-19-14(18)13(10-6-3-2-4-7-10)20-12(17)9-5-8-11(15)16/h2-4,6-7,13H,5,8-9H2,1H3,(H,15,16)/t13-/m1/s1. The third-order valence-electron chi connectivity index (χ3n) is 2.54. The largest absolute Gasteiger partial charge is 0.481 e. The van der Waals surface area contributed by atoms with E-state index in [1.165, 1.54) is 7.11 Å². The van der Waals surface area contributed by atoms with Gasteiger partial charge in [-0.3, -0.25) is 9.59 Å². The van der Waals surface area contributed by atoms with Gasteiger partial charge in [-0.1, -0.05) is 30.3 Å². The maximum Gasteiger partial charge on any atom is 0.351 e. The highest BCUT2D eigenvalue weighted by Crippen LogP contribution is 2.19. The summed E-state index contributed by atoms with van der Waals surface area (Å²) in [5.74, 6) is -2.29. The fraction of sp³-hybridized carbons (Fsp3) is 0.357. The number of benzene rings is 1. The van der Waals surface area contributed by atoms with Gasteiger partial charge in [0, 0.05) is 18.4 Å². The second-order valence-corrected chi connectivity index (χ2v) is 4.05. The van der Waals surface area contributed by atoms with E-state index in [1.54, 1.807) is 30.3 Å². The number of methoxy groups -OCH3 is 1. The van der Waals surface area contributed by atoms with E-state index in [-0.39, 0.29) is 19.3 Å². The average molecular weight is 280 g/mol. The molecule has 1 N–H and O–H groups in total. The molecule has 0 saturated carbocycles. The van der Waals surface area contributed by atoms with Crippen LogP contribution in [0.3, 0.4) is 0 Å². The van der Waals surface area contributed by atoms with Gasteiger partial charge in [0.15, 0.2) is 0 Å². The van der Waals surface area contributed by atoms with E-state index in [1.807, 2.05) is 0 Å². The van der Waals surface area contributed by atoms with Crippen LogP contribution >= 0.6 is 0 Å². The quantitative estimate of drug-likeness (QED) is 0.764. The SMILES string of the molecule is COC(=O)[C@H](OC(=O)CCCC(=O)O)c1ccccc1. The van der Waals surface area contributed by atoms with Gasteiger partial charge in [0.05, 0.1) is 7.11 Å². The van der Waals surface area contributed by atoms with Crippen molar-refractivity contribution in [2.45, 2.75) is 25.4 Å². The Hall–Kier alpha value is -2.37. The average Bonchev–Trinajstić information content (AvgIpc) is 2.44. The first-order valence-corrected chi connectivity index (χ1v) is 6.08. The molecule has 0 saturated heterocycles. The Bertz CT molecular complexity index is 468. The molecule has 0 aliphatic heterocycles. The lowest BCUT2D eigenvalue weighted by Gasteiger charge is -2.15. The molecule has 0 fully saturated rings. The predicted molar refractivity (Wildman–Crippen MR) is 68.8 cm³/mol. The second kappa shape index (κ2) is 7.93. The summed E-state index contributed by atoms with van der Waals surface area (Å²) in [6, 6.07) is 8.48. The summed E-state index contributed by atoms with van der Waals surface area (Å²) in [6.45, 7) is 0. The van der Waals surface area contributed by atoms with Crippen molar-refractivity contribution in [3.8, 4) is 0 Å². The van der Waals surface area contributed by atoms with E-state index in [0.29, 0.717) is 5.56 Å². The molecule has 1 aromatic carbocycles. The molecule has 6 heteroatoms. The zero-order valence-corrected chi connectivity index (χ0v) is 11.1. The van der Waals surface area contributed by atoms with Gasteiger partial charge < -0.3 is 14.6 Å². The number of ether oxygens (including phenoxy) is 2. The van der Waals surface area contributed by atoms with Crippen molar-refractivity contribution >= 4 is 17.9 Å². The van der Waals surface area contributed by atoms with E-state index < -0.39 is 24.0 Å². The first-order chi connectivity index (χ1) is 9.54. The summed E-state index contributed by atoms with van der Waals surface area (Å²) in [7, 11) is 1.20. The van der Waals surface area contributed by atoms with Crippen molar-refractivity contribution in [3.63, 3.8) is 0 Å². The first-order valence-electron chi connectivity index (χ1n) is 6.08. The zero-order valence-electron chi connectivity index (χ0n) is 11.1. The smallest absolute Gasteiger partial charge is 0.351 e. The number of aliphatic carboxylic acids is 1. The molecular weight excluding hydrogens is 264 g/mol. The normalized spacial score (nSPS) is 11.4. The molecule has 0 radical (unpaired) electrons. The molecule has 108 valence electrons. The lowest BCUT2D eigenvalue weighted by atomic mass is 10.1. The van der Waals surface area contributed by atoms with Crippen LogP contribution in [-0.4, -0.2) is 30.1 Å². The molecule has 0 aromatic heterocycles. The Labute approximate surface area is 116 Å². The lowest BCUT2D eigenvalue weighted by Crippen LogP contribution is -2.21. The van der Waals surface area contributed by atoms with Crippen molar-refractivity contribution < 1.29 is 29.0 Å². The number of carbonyl (C=O) groups is 3. The molecule has 0 unspecified atom stereocenters. The highest BCUT2D eigenvalue weighted by molar-refractivity contribution is 5.80. The molecule has 0 aliphatic rings. The monoisotopic (exact) mass is 280 g/mol. The van der Waals surface area contributed by atoms with Gasteiger partial charge in [-0.2, -0.15) is 0 Å². The van der Waals surface area contributed by atoms with E-state index >= 15 is 0 Å². The topological polar surface area (TPSA) is 89.9 Å². The van der Waals surface area contributed by atoms with Gasteiger partial charge in [-0.05, 0) is 6.42 Å². The van der Waals surface area contributed by atoms with Gasteiger partial charge in [0.25, 0.3) is 0 Å². The van der Waals surface area contributed by atoms with Crippen molar-refractivity contribution in [3.05, 3.63) is 35.9 Å². The van der Waals surface area contributed by atoms with E-state index in [9.17, 15) is 14.4 Å². The van der Waals surface area contributed by atoms with Crippen LogP contribution in [0.25, 0.3) is 0 Å². The minimum atomic E-state index is -1.13. The van der Waals surface area contributed by atoms with Crippen molar-refractivity contribution in [1.29, 1.82) is 0 Å². The molecule has 1 aromatic rings. The molecule has 0 bridgehead atoms. The summed E-state index contributed by atoms with van der Waals surface area (Å²) in [6.07, 6.45) is -1.15. The van der Waals surface area contributed by atoms with Crippen molar-refractivity contribution in [2.24, 2.45) is 0 Å². The fourth-order valence-corrected chi connectivity index (χ4v) is 1.56. The molecule has 1 atom stereocenters. The minimum absolute atomic E-state index is 0.0629. The first kappa shape index (κ1) is 15.7. The van der Waals surface area contributed by atoms with Crippen LogP contribution < -0.4 is 0 Å². The lowest BCUT2D eigenvalue weighted by molar-refractivity contribution is -0.166. The maximum atomic E-state index is 11.6. The third kappa shape index (κ3) is 5.09. The molecule has 1 rings (SSSR count). The van der Waals surface area contributed by atoms with Gasteiger partial charge in [0.1, 0.15) is 0 Å². The molecule has 0 amide bonds. The van der Waals surface area contributed by atoms with Gasteiger partial charge in [0.2, 0.25) is 6.10 Å². The van der Waals surface area contributed by atoms with Crippen LogP contribution in [0.2, 0.25) is 0 Å². The summed E-state index contributed by atoms with van der Waals surface area (Å²) >= 11 is 0. The maximum absolute atomic E-state index is 11.6. The number of rotatable bonds is 7. The number of hydrogen-bond donors (Lipinski definition) is 1. The van der Waals surface area contributed by atoms with Gasteiger partial charge in [-0.25, -0.2) is 4.79 Å². The Balaban J connectivity index is 2.64. The molecule has 20 heavy (non-hydrogen) atoms. The highest BCUT2D eigenvalue weighted by Gasteiger charge is 2.25. The number of carbonyl (C=O) groups excluding carboxylic acids is 2. The van der Waals surface area contributed by atoms with Crippen LogP contribution in [0.4, 0.5) is 0 Å². The van der Waals surface area contributed by atoms with E-state index in [4.69, 9.17) is 9.84 Å². The zero-order chi connectivity index (χ0) is 15.0. The predicted octanol–water partition coefficient (Wildman–Crippen LogP) is 1.70. The van der Waals surface area contributed by atoms with Crippen LogP contribution in [0.15, 0.2) is 30.3 Å². The van der Waals surface area contributed by atoms with Crippen molar-refractivity contribution in [2.75, 3.05) is 7.11 Å². The van der Waals surface area contributed by atoms with E-state index in [2.05, 4.69) is 4.74 Å². The Kier molecular flexibility index (Phi) is 6.22. The van der Waals surface area contributed by atoms with Crippen molar-refractivity contribution in [1.82, 2.24) is 0 Å². The second-order valence-electron chi connectivity index (χ2n) is 4.05. The van der Waals surface area contributed by atoms with Crippen LogP contribution in [0, 0.1) is 0 Å². The van der Waals surface area contributed by atoms with Crippen LogP contribution in [0.5, 0.6) is 0 Å². The number of esters is 2. The number of carboxylic acid groups (broad SMARTS) is 1. The molecule has 0 heterocycles. The molecule has 0 spiro atoms. The Morgan fingerprint density at radius 1 is 1.15 bits per heavy atom. The van der Waals surface area contributed by atoms with Crippen LogP contribution in [-0.2, 0) is 23.9 Å².